The summed E-state index contributed by atoms with van der Waals surface area (Å²) in [6, 6.07) is 9.51. The molecule has 8 nitrogen and oxygen atoms in total. The average molecular weight is 491 g/mol. The first kappa shape index (κ1) is 25.2. The van der Waals surface area contributed by atoms with E-state index in [1.165, 1.54) is 36.4 Å². The molecule has 2 aromatic rings. The molecule has 1 aliphatic heterocycles. The van der Waals surface area contributed by atoms with Crippen LogP contribution in [-0.2, 0) is 19.3 Å². The Labute approximate surface area is 189 Å². The molecule has 2 aromatic carbocycles. The average Bonchev–Trinajstić information content (AvgIpc) is 2.73. The maximum Gasteiger partial charge on any atom is 0.573 e. The molecule has 1 saturated heterocycles. The number of halogens is 3. The van der Waals surface area contributed by atoms with Crippen molar-refractivity contribution in [2.75, 3.05) is 19.0 Å². The number of alkyl halides is 3. The second-order valence-corrected chi connectivity index (χ2v) is 9.93. The van der Waals surface area contributed by atoms with Crippen LogP contribution >= 0.6 is 0 Å². The molecule has 3 rings (SSSR count). The molecule has 2 N–H and O–H groups in total. The normalized spacial score (nSPS) is 18.0. The largest absolute Gasteiger partial charge is 0.573 e. The first-order chi connectivity index (χ1) is 15.4. The maximum atomic E-state index is 12.8. The molecule has 0 saturated carbocycles. The van der Waals surface area contributed by atoms with Gasteiger partial charge in [0.15, 0.2) is 15.6 Å². The van der Waals surface area contributed by atoms with Crippen molar-refractivity contribution in [1.29, 1.82) is 0 Å². The highest BCUT2D eigenvalue weighted by Gasteiger charge is 2.35. The van der Waals surface area contributed by atoms with Gasteiger partial charge < -0.3 is 24.2 Å². The molecule has 0 aromatic heterocycles. The molecule has 0 amide bonds. The molecular weight excluding hydrogens is 467 g/mol. The van der Waals surface area contributed by atoms with Gasteiger partial charge in [-0.25, -0.2) is 13.9 Å². The Bertz CT molecular complexity index is 1020. The lowest BCUT2D eigenvalue weighted by Crippen LogP contribution is -2.49. The van der Waals surface area contributed by atoms with Gasteiger partial charge in [-0.15, -0.1) is 13.2 Å². The van der Waals surface area contributed by atoms with Crippen molar-refractivity contribution in [3.8, 4) is 17.2 Å². The van der Waals surface area contributed by atoms with Crippen molar-refractivity contribution >= 4 is 9.84 Å². The Morgan fingerprint density at radius 1 is 1.03 bits per heavy atom. The number of ether oxygens (including phenoxy) is 4. The van der Waals surface area contributed by atoms with E-state index in [-0.39, 0.29) is 47.0 Å². The minimum atomic E-state index is -4.79. The minimum absolute atomic E-state index is 0.0157. The number of sulfone groups is 1. The summed E-state index contributed by atoms with van der Waals surface area (Å²) in [6.07, 6.45) is -4.79. The second kappa shape index (κ2) is 9.85. The third-order valence-electron chi connectivity index (χ3n) is 4.90. The zero-order chi connectivity index (χ0) is 24.3. The van der Waals surface area contributed by atoms with Crippen molar-refractivity contribution in [3.63, 3.8) is 0 Å². The summed E-state index contributed by atoms with van der Waals surface area (Å²) in [5.74, 6) is -1.39. The molecule has 1 atom stereocenters. The highest BCUT2D eigenvalue weighted by atomic mass is 32.2. The van der Waals surface area contributed by atoms with Gasteiger partial charge in [-0.1, -0.05) is 0 Å². The summed E-state index contributed by atoms with van der Waals surface area (Å²) >= 11 is 0. The van der Waals surface area contributed by atoms with Gasteiger partial charge in [-0.2, -0.15) is 0 Å². The zero-order valence-corrected chi connectivity index (χ0v) is 18.7. The van der Waals surface area contributed by atoms with Crippen LogP contribution in [0.3, 0.4) is 0 Å². The van der Waals surface area contributed by atoms with Crippen LogP contribution in [0.5, 0.6) is 17.2 Å². The molecule has 1 unspecified atom stereocenters. The van der Waals surface area contributed by atoms with Gasteiger partial charge in [0.2, 0.25) is 0 Å². The number of nitrogens with one attached hydrogen (secondary N) is 1. The minimum Gasteiger partial charge on any atom is -0.457 e. The monoisotopic (exact) mass is 491 g/mol. The van der Waals surface area contributed by atoms with Crippen LogP contribution in [0, 0.1) is 5.92 Å². The molecule has 0 spiro atoms. The standard InChI is InChI=1S/C21H24F3NO7S/c1-20(2)29-11-14(12-30-20)19(25-26)13-33(27,28)18-9-7-16(8-10-18)31-15-3-5-17(6-4-15)32-21(22,23)24/h3-10,14,19,25-26H,11-13H2,1-2H3. The summed E-state index contributed by atoms with van der Waals surface area (Å²) in [5.41, 5.74) is 2.04. The van der Waals surface area contributed by atoms with E-state index >= 15 is 0 Å². The van der Waals surface area contributed by atoms with Gasteiger partial charge >= 0.3 is 6.36 Å². The lowest BCUT2D eigenvalue weighted by molar-refractivity contribution is -0.274. The number of benzene rings is 2. The number of rotatable bonds is 8. The van der Waals surface area contributed by atoms with Crippen LogP contribution in [0.25, 0.3) is 0 Å². The fourth-order valence-electron chi connectivity index (χ4n) is 3.11. The predicted molar refractivity (Wildman–Crippen MR) is 110 cm³/mol. The van der Waals surface area contributed by atoms with Crippen molar-refractivity contribution in [2.45, 2.75) is 36.9 Å². The Morgan fingerprint density at radius 2 is 1.52 bits per heavy atom. The van der Waals surface area contributed by atoms with Gasteiger partial charge in [-0.3, -0.25) is 0 Å². The topological polar surface area (TPSA) is 103 Å². The summed E-state index contributed by atoms with van der Waals surface area (Å²) in [7, 11) is -3.77. The van der Waals surface area contributed by atoms with Crippen molar-refractivity contribution < 1.29 is 45.7 Å². The van der Waals surface area contributed by atoms with Crippen LogP contribution in [0.2, 0.25) is 0 Å². The van der Waals surface area contributed by atoms with Crippen LogP contribution in [0.1, 0.15) is 13.8 Å². The number of hydrogen-bond acceptors (Lipinski definition) is 8. The molecule has 12 heteroatoms. The van der Waals surface area contributed by atoms with Crippen LogP contribution in [-0.4, -0.2) is 50.8 Å². The molecular formula is C21H24F3NO7S. The highest BCUT2D eigenvalue weighted by Crippen LogP contribution is 2.29. The predicted octanol–water partition coefficient (Wildman–Crippen LogP) is 3.90. The van der Waals surface area contributed by atoms with E-state index in [1.807, 2.05) is 5.48 Å². The van der Waals surface area contributed by atoms with Gasteiger partial charge in [-0.05, 0) is 62.4 Å². The molecule has 1 heterocycles. The van der Waals surface area contributed by atoms with Crippen molar-refractivity contribution in [1.82, 2.24) is 5.48 Å². The van der Waals surface area contributed by atoms with E-state index in [1.54, 1.807) is 13.8 Å². The van der Waals surface area contributed by atoms with Crippen LogP contribution in [0.4, 0.5) is 13.2 Å². The number of hydroxylamine groups is 1. The zero-order valence-electron chi connectivity index (χ0n) is 17.8. The van der Waals surface area contributed by atoms with Gasteiger partial charge in [0.1, 0.15) is 17.2 Å². The Morgan fingerprint density at radius 3 is 2.00 bits per heavy atom. The first-order valence-electron chi connectivity index (χ1n) is 9.91. The lowest BCUT2D eigenvalue weighted by Gasteiger charge is -2.37. The van der Waals surface area contributed by atoms with E-state index in [2.05, 4.69) is 4.74 Å². The molecule has 0 aliphatic carbocycles. The Balaban J connectivity index is 1.62. The molecule has 0 radical (unpaired) electrons. The summed E-state index contributed by atoms with van der Waals surface area (Å²) < 4.78 is 82.7. The smallest absolute Gasteiger partial charge is 0.457 e. The number of hydrogen-bond donors (Lipinski definition) is 2. The maximum absolute atomic E-state index is 12.8. The Hall–Kier alpha value is -2.38. The fourth-order valence-corrected chi connectivity index (χ4v) is 4.67. The van der Waals surface area contributed by atoms with Crippen molar-refractivity contribution in [2.24, 2.45) is 5.92 Å². The second-order valence-electron chi connectivity index (χ2n) is 7.89. The molecule has 0 bridgehead atoms. The summed E-state index contributed by atoms with van der Waals surface area (Å²) in [4.78, 5) is 0.0157. The third-order valence-corrected chi connectivity index (χ3v) is 6.69. The van der Waals surface area contributed by atoms with Crippen LogP contribution < -0.4 is 15.0 Å². The van der Waals surface area contributed by atoms with Gasteiger partial charge in [0.25, 0.3) is 0 Å². The van der Waals surface area contributed by atoms with E-state index in [0.717, 1.165) is 12.1 Å². The lowest BCUT2D eigenvalue weighted by atomic mass is 10.0. The first-order valence-corrected chi connectivity index (χ1v) is 11.6. The van der Waals surface area contributed by atoms with E-state index in [0.29, 0.717) is 0 Å². The van der Waals surface area contributed by atoms with Gasteiger partial charge in [0.05, 0.1) is 29.9 Å². The highest BCUT2D eigenvalue weighted by molar-refractivity contribution is 7.91. The van der Waals surface area contributed by atoms with E-state index in [4.69, 9.17) is 14.2 Å². The van der Waals surface area contributed by atoms with E-state index < -0.39 is 28.0 Å². The van der Waals surface area contributed by atoms with E-state index in [9.17, 15) is 26.8 Å². The molecule has 1 aliphatic rings. The summed E-state index contributed by atoms with van der Waals surface area (Å²) in [6.45, 7) is 3.94. The summed E-state index contributed by atoms with van der Waals surface area (Å²) in [5, 5.41) is 9.49. The SMILES string of the molecule is CC1(C)OCC(C(CS(=O)(=O)c2ccc(Oc3ccc(OC(F)(F)F)cc3)cc2)NO)CO1. The molecule has 33 heavy (non-hydrogen) atoms. The quantitative estimate of drug-likeness (QED) is 0.536. The Kier molecular flexibility index (Phi) is 7.54. The molecule has 182 valence electrons. The van der Waals surface area contributed by atoms with Gasteiger partial charge in [0, 0.05) is 5.92 Å². The molecule has 1 fully saturated rings. The van der Waals surface area contributed by atoms with Crippen molar-refractivity contribution in [3.05, 3.63) is 48.5 Å². The third kappa shape index (κ3) is 7.30. The van der Waals surface area contributed by atoms with Crippen LogP contribution in [0.15, 0.2) is 53.4 Å². The fraction of sp³-hybridized carbons (Fsp3) is 0.429.